The highest BCUT2D eigenvalue weighted by Gasteiger charge is 1.96. The molecule has 0 fully saturated rings. The summed E-state index contributed by atoms with van der Waals surface area (Å²) in [5, 5.41) is 51.1. The third-order valence-corrected chi connectivity index (χ3v) is 4.26. The third-order valence-electron chi connectivity index (χ3n) is 4.26. The topological polar surface area (TPSA) is 145 Å². The Hall–Kier alpha value is -5.60. The van der Waals surface area contributed by atoms with Crippen LogP contribution in [0, 0.1) is 45.3 Å². The van der Waals surface area contributed by atoms with Crippen molar-refractivity contribution in [3.63, 3.8) is 0 Å². The van der Waals surface area contributed by atoms with Crippen molar-refractivity contribution < 1.29 is 14.9 Å². The lowest BCUT2D eigenvalue weighted by atomic mass is 10.1. The summed E-state index contributed by atoms with van der Waals surface area (Å²) in [7, 11) is 0. The lowest BCUT2D eigenvalue weighted by Crippen LogP contribution is -1.84. The van der Waals surface area contributed by atoms with Crippen molar-refractivity contribution in [3.05, 3.63) is 131 Å². The van der Waals surface area contributed by atoms with E-state index in [1.54, 1.807) is 97.1 Å². The second-order valence-electron chi connectivity index (χ2n) is 6.99. The monoisotopic (exact) mass is 518 g/mol. The molecule has 39 heavy (non-hydrogen) atoms. The number of ether oxygens (including phenoxy) is 1. The van der Waals surface area contributed by atoms with E-state index < -0.39 is 0 Å². The fraction of sp³-hybridized carbons (Fsp3) is 0.125. The Morgan fingerprint density at radius 2 is 0.692 bits per heavy atom. The zero-order chi connectivity index (χ0) is 29.1. The maximum atomic E-state index is 8.63. The van der Waals surface area contributed by atoms with Crippen LogP contribution < -0.4 is 0 Å². The molecule has 0 heterocycles. The van der Waals surface area contributed by atoms with Gasteiger partial charge in [-0.2, -0.15) is 21.0 Å². The van der Waals surface area contributed by atoms with Gasteiger partial charge in [-0.15, -0.1) is 0 Å². The maximum absolute atomic E-state index is 8.63. The minimum Gasteiger partial charge on any atom is -0.508 e. The number of nitriles is 4. The molecule has 0 radical (unpaired) electrons. The molecular weight excluding hydrogens is 488 g/mol. The van der Waals surface area contributed by atoms with E-state index in [2.05, 4.69) is 0 Å². The quantitative estimate of drug-likeness (QED) is 0.301. The van der Waals surface area contributed by atoms with Gasteiger partial charge in [0.1, 0.15) is 35.8 Å². The van der Waals surface area contributed by atoms with Crippen molar-refractivity contribution in [1.29, 1.82) is 21.0 Å². The number of nitrogens with zero attached hydrogens (tertiary/aromatic N) is 4. The van der Waals surface area contributed by atoms with Crippen LogP contribution in [0.25, 0.3) is 0 Å². The number of hydrogen-bond acceptors (Lipinski definition) is 7. The molecule has 0 spiro atoms. The van der Waals surface area contributed by atoms with Crippen molar-refractivity contribution in [2.75, 3.05) is 13.2 Å². The summed E-state index contributed by atoms with van der Waals surface area (Å²) < 4.78 is 4.83. The fourth-order valence-electron chi connectivity index (χ4n) is 2.42. The molecule has 0 aliphatic carbocycles. The molecular formula is C32H30N4O3. The molecule has 0 saturated heterocycles. The van der Waals surface area contributed by atoms with Crippen LogP contribution in [-0.4, -0.2) is 23.4 Å². The Morgan fingerprint density at radius 1 is 0.462 bits per heavy atom. The van der Waals surface area contributed by atoms with E-state index in [1.807, 2.05) is 50.3 Å². The highest BCUT2D eigenvalue weighted by atomic mass is 16.5. The van der Waals surface area contributed by atoms with Crippen molar-refractivity contribution >= 4 is 0 Å². The molecule has 0 aliphatic rings. The lowest BCUT2D eigenvalue weighted by Gasteiger charge is -1.88. The van der Waals surface area contributed by atoms with Crippen molar-refractivity contribution in [2.45, 2.75) is 13.8 Å². The average Bonchev–Trinajstić information content (AvgIpc) is 2.99. The number of phenols is 2. The Bertz CT molecular complexity index is 1190. The zero-order valence-corrected chi connectivity index (χ0v) is 21.9. The van der Waals surface area contributed by atoms with Gasteiger partial charge >= 0.3 is 0 Å². The van der Waals surface area contributed by atoms with Crippen molar-refractivity contribution in [1.82, 2.24) is 0 Å². The molecule has 0 amide bonds. The molecule has 0 unspecified atom stereocenters. The summed E-state index contributed by atoms with van der Waals surface area (Å²) in [6.45, 7) is 5.67. The smallest absolute Gasteiger partial charge is 0.115 e. The Morgan fingerprint density at radius 3 is 0.821 bits per heavy atom. The molecule has 0 saturated carbocycles. The van der Waals surface area contributed by atoms with E-state index in [9.17, 15) is 0 Å². The predicted molar refractivity (Wildman–Crippen MR) is 150 cm³/mol. The molecule has 0 aliphatic heterocycles. The second-order valence-corrected chi connectivity index (χ2v) is 6.99. The number of hydrogen-bond donors (Lipinski definition) is 2. The second kappa shape index (κ2) is 22.8. The largest absolute Gasteiger partial charge is 0.508 e. The van der Waals surface area contributed by atoms with Gasteiger partial charge in [0.2, 0.25) is 0 Å². The van der Waals surface area contributed by atoms with Crippen LogP contribution in [0.1, 0.15) is 36.1 Å². The maximum Gasteiger partial charge on any atom is 0.115 e. The van der Waals surface area contributed by atoms with E-state index in [0.29, 0.717) is 33.8 Å². The summed E-state index contributed by atoms with van der Waals surface area (Å²) in [5.41, 5.74) is 1.74. The molecule has 4 rings (SSSR count). The molecule has 2 N–H and O–H groups in total. The van der Waals surface area contributed by atoms with Crippen molar-refractivity contribution in [3.8, 4) is 35.8 Å². The first-order chi connectivity index (χ1) is 19.0. The first-order valence-electron chi connectivity index (χ1n) is 11.8. The van der Waals surface area contributed by atoms with Gasteiger partial charge in [-0.1, -0.05) is 60.7 Å². The predicted octanol–water partition coefficient (Wildman–Crippen LogP) is 6.69. The normalized spacial score (nSPS) is 8.15. The Balaban J connectivity index is 0.000000473. The first-order valence-corrected chi connectivity index (χ1v) is 11.8. The van der Waals surface area contributed by atoms with E-state index in [0.717, 1.165) is 13.2 Å². The average molecular weight is 519 g/mol. The van der Waals surface area contributed by atoms with E-state index in [-0.39, 0.29) is 0 Å². The molecule has 7 heteroatoms. The van der Waals surface area contributed by atoms with Gasteiger partial charge in [-0.05, 0) is 62.4 Å². The van der Waals surface area contributed by atoms with Crippen LogP contribution in [-0.2, 0) is 4.74 Å². The van der Waals surface area contributed by atoms with Gasteiger partial charge in [0.25, 0.3) is 0 Å². The van der Waals surface area contributed by atoms with Crippen LogP contribution in [0.2, 0.25) is 0 Å². The summed E-state index contributed by atoms with van der Waals surface area (Å²) in [6, 6.07) is 38.6. The van der Waals surface area contributed by atoms with Crippen LogP contribution in [0.4, 0.5) is 0 Å². The molecule has 196 valence electrons. The lowest BCUT2D eigenvalue weighted by molar-refractivity contribution is 0.162. The van der Waals surface area contributed by atoms with Crippen LogP contribution >= 0.6 is 0 Å². The minimum absolute atomic E-state index is 0.322. The summed E-state index contributed by atoms with van der Waals surface area (Å²) in [4.78, 5) is 0. The first kappa shape index (κ1) is 33.4. The molecule has 4 aromatic carbocycles. The molecule has 4 aromatic rings. The third kappa shape index (κ3) is 16.7. The molecule has 7 nitrogen and oxygen atoms in total. The minimum atomic E-state index is 0.322. The molecule has 0 aromatic heterocycles. The summed E-state index contributed by atoms with van der Waals surface area (Å²) in [6.07, 6.45) is 0. The standard InChI is InChI=1S/2C8H4N2.2C6H6O.C4H10O/c2*9-5-7-3-1-2-4-8(7)6-10;2*7-6-4-2-1-3-5-6;1-3-5-4-2/h2*1-4H;2*1-5,7H;3-4H2,1-2H3. The highest BCUT2D eigenvalue weighted by Crippen LogP contribution is 2.05. The van der Waals surface area contributed by atoms with E-state index >= 15 is 0 Å². The summed E-state index contributed by atoms with van der Waals surface area (Å²) >= 11 is 0. The number of phenolic OH excluding ortho intramolecular Hbond substituents is 2. The van der Waals surface area contributed by atoms with Gasteiger partial charge in [0.05, 0.1) is 22.3 Å². The molecule has 0 atom stereocenters. The van der Waals surface area contributed by atoms with Crippen LogP contribution in [0.5, 0.6) is 11.5 Å². The number of para-hydroxylation sites is 2. The van der Waals surface area contributed by atoms with Gasteiger partial charge in [-0.3, -0.25) is 0 Å². The zero-order valence-electron chi connectivity index (χ0n) is 21.9. The Kier molecular flexibility index (Phi) is 19.6. The van der Waals surface area contributed by atoms with Gasteiger partial charge in [0.15, 0.2) is 0 Å². The van der Waals surface area contributed by atoms with E-state index in [4.69, 9.17) is 36.0 Å². The van der Waals surface area contributed by atoms with Gasteiger partial charge < -0.3 is 14.9 Å². The van der Waals surface area contributed by atoms with Crippen LogP contribution in [0.15, 0.2) is 109 Å². The van der Waals surface area contributed by atoms with E-state index in [1.165, 1.54) is 0 Å². The molecule has 0 bridgehead atoms. The highest BCUT2D eigenvalue weighted by molar-refractivity contribution is 5.45. The Labute approximate surface area is 230 Å². The number of rotatable bonds is 2. The van der Waals surface area contributed by atoms with Gasteiger partial charge in [0, 0.05) is 13.2 Å². The number of benzene rings is 4. The van der Waals surface area contributed by atoms with Crippen molar-refractivity contribution in [2.24, 2.45) is 0 Å². The van der Waals surface area contributed by atoms with Gasteiger partial charge in [-0.25, -0.2) is 0 Å². The fourth-order valence-corrected chi connectivity index (χ4v) is 2.42. The van der Waals surface area contributed by atoms with Crippen LogP contribution in [0.3, 0.4) is 0 Å². The number of aromatic hydroxyl groups is 2. The summed E-state index contributed by atoms with van der Waals surface area (Å²) in [5.74, 6) is 0.644. The SMILES string of the molecule is CCOCC.N#Cc1ccccc1C#N.N#Cc1ccccc1C#N.Oc1ccccc1.Oc1ccccc1.